The monoisotopic (exact) mass is 101 g/mol. The Kier molecular flexibility index (Phi) is 2.67. The molecule has 1 radical (unpaired) electrons. The van der Waals surface area contributed by atoms with Crippen LogP contribution in [0.15, 0.2) is 12.7 Å². The van der Waals surface area contributed by atoms with E-state index in [1.54, 1.807) is 0 Å². The molecule has 0 aromatic rings. The van der Waals surface area contributed by atoms with Crippen molar-refractivity contribution in [3.8, 4) is 0 Å². The number of rotatable bonds is 3. The minimum atomic E-state index is -0.734. The highest BCUT2D eigenvalue weighted by molar-refractivity contribution is 4.65. The first kappa shape index (κ1) is 5.94. The van der Waals surface area contributed by atoms with Gasteiger partial charge in [0, 0.05) is 5.43 Å². The Morgan fingerprint density at radius 3 is 2.71 bits per heavy atom. The fourth-order valence-corrected chi connectivity index (χ4v) is 0.124. The topological polar surface area (TPSA) is 57.2 Å². The molecule has 4 heteroatoms. The Balaban J connectivity index is 2.97. The number of hydrogen-bond donors (Lipinski definition) is 0. The Hall–Kier alpha value is -1.06. The molecule has 0 saturated carbocycles. The lowest BCUT2D eigenvalue weighted by atomic mass is 10.7. The van der Waals surface area contributed by atoms with E-state index in [0.717, 1.165) is 0 Å². The molecule has 0 aliphatic heterocycles. The molecule has 0 fully saturated rings. The molecule has 0 spiro atoms. The molecular formula is C3H5N2O2. The van der Waals surface area contributed by atoms with Gasteiger partial charge in [0.05, 0.1) is 0 Å². The summed E-state index contributed by atoms with van der Waals surface area (Å²) in [5.41, 5.74) is 2.85. The van der Waals surface area contributed by atoms with Crippen LogP contribution < -0.4 is 5.43 Å². The van der Waals surface area contributed by atoms with Crippen molar-refractivity contribution in [2.24, 2.45) is 0 Å². The second-order valence-electron chi connectivity index (χ2n) is 0.851. The number of nitro groups is 1. The van der Waals surface area contributed by atoms with E-state index in [-0.39, 0.29) is 6.54 Å². The zero-order chi connectivity index (χ0) is 5.70. The first-order valence-corrected chi connectivity index (χ1v) is 1.70. The van der Waals surface area contributed by atoms with Crippen LogP contribution in [0.25, 0.3) is 0 Å². The van der Waals surface area contributed by atoms with Gasteiger partial charge in [0.2, 0.25) is 0 Å². The van der Waals surface area contributed by atoms with Gasteiger partial charge >= 0.3 is 0 Å². The van der Waals surface area contributed by atoms with Crippen molar-refractivity contribution < 1.29 is 5.03 Å². The van der Waals surface area contributed by atoms with Crippen LogP contribution in [0.3, 0.4) is 0 Å². The lowest BCUT2D eigenvalue weighted by Gasteiger charge is -1.79. The van der Waals surface area contributed by atoms with Crippen molar-refractivity contribution in [3.05, 3.63) is 22.8 Å². The van der Waals surface area contributed by atoms with Crippen molar-refractivity contribution in [1.29, 1.82) is 0 Å². The van der Waals surface area contributed by atoms with Crippen LogP contribution in [0, 0.1) is 10.1 Å². The van der Waals surface area contributed by atoms with Gasteiger partial charge in [-0.1, -0.05) is 6.08 Å². The van der Waals surface area contributed by atoms with Gasteiger partial charge in [-0.05, 0) is 0 Å². The van der Waals surface area contributed by atoms with Crippen molar-refractivity contribution in [2.75, 3.05) is 6.54 Å². The average molecular weight is 101 g/mol. The third-order valence-corrected chi connectivity index (χ3v) is 0.326. The summed E-state index contributed by atoms with van der Waals surface area (Å²) in [6.45, 7) is 3.32. The van der Waals surface area contributed by atoms with Crippen LogP contribution in [0.4, 0.5) is 0 Å². The quantitative estimate of drug-likeness (QED) is 0.284. The molecule has 0 amide bonds. The van der Waals surface area contributed by atoms with E-state index in [1.165, 1.54) is 6.08 Å². The molecule has 0 saturated heterocycles. The van der Waals surface area contributed by atoms with Crippen LogP contribution in [-0.2, 0) is 0 Å². The molecule has 0 N–H and O–H groups in total. The van der Waals surface area contributed by atoms with Crippen LogP contribution in [0.1, 0.15) is 0 Å². The fourth-order valence-electron chi connectivity index (χ4n) is 0.124. The molecule has 0 atom stereocenters. The Labute approximate surface area is 41.0 Å². The van der Waals surface area contributed by atoms with Gasteiger partial charge in [-0.25, -0.2) is 10.1 Å². The van der Waals surface area contributed by atoms with Gasteiger partial charge in [0.1, 0.15) is 6.54 Å². The van der Waals surface area contributed by atoms with E-state index in [0.29, 0.717) is 0 Å². The number of hydrogen-bond acceptors (Lipinski definition) is 2. The summed E-state index contributed by atoms with van der Waals surface area (Å²) >= 11 is 0. The first-order valence-electron chi connectivity index (χ1n) is 1.70. The maximum absolute atomic E-state index is 9.35. The molecule has 0 aliphatic carbocycles. The Morgan fingerprint density at radius 1 is 2.00 bits per heavy atom. The molecule has 0 aliphatic rings. The van der Waals surface area contributed by atoms with E-state index in [4.69, 9.17) is 0 Å². The maximum atomic E-state index is 9.35. The third-order valence-electron chi connectivity index (χ3n) is 0.326. The van der Waals surface area contributed by atoms with Crippen LogP contribution >= 0.6 is 0 Å². The molecule has 7 heavy (non-hydrogen) atoms. The lowest BCUT2D eigenvalue weighted by Crippen LogP contribution is -2.11. The molecule has 0 rings (SSSR count). The summed E-state index contributed by atoms with van der Waals surface area (Å²) in [7, 11) is 0. The predicted octanol–water partition coefficient (Wildman–Crippen LogP) is -0.0315. The minimum Gasteiger partial charge on any atom is -0.233 e. The predicted molar refractivity (Wildman–Crippen MR) is 24.2 cm³/mol. The summed E-state index contributed by atoms with van der Waals surface area (Å²) in [6, 6.07) is 0. The van der Waals surface area contributed by atoms with Gasteiger partial charge in [-0.2, -0.15) is 0 Å². The minimum absolute atomic E-state index is 0.0903. The van der Waals surface area contributed by atoms with Gasteiger partial charge < -0.3 is 0 Å². The summed E-state index contributed by atoms with van der Waals surface area (Å²) < 4.78 is 0. The highest BCUT2D eigenvalue weighted by Crippen LogP contribution is 1.61. The Bertz CT molecular complexity index is 81.0. The summed E-state index contributed by atoms with van der Waals surface area (Å²) in [6.07, 6.45) is 1.36. The summed E-state index contributed by atoms with van der Waals surface area (Å²) in [5.74, 6) is 0. The standard InChI is InChI=1S/C3H5N2O2/c1-2-3-4-5(6)7/h2H,1,3H2. The van der Waals surface area contributed by atoms with E-state index >= 15 is 0 Å². The molecule has 0 aromatic carbocycles. The fraction of sp³-hybridized carbons (Fsp3) is 0.333. The molecule has 0 bridgehead atoms. The summed E-state index contributed by atoms with van der Waals surface area (Å²) in [4.78, 5) is 9.35. The van der Waals surface area contributed by atoms with Gasteiger partial charge in [0.15, 0.2) is 5.03 Å². The largest absolute Gasteiger partial charge is 0.233 e. The van der Waals surface area contributed by atoms with Crippen molar-refractivity contribution in [1.82, 2.24) is 5.43 Å². The van der Waals surface area contributed by atoms with Crippen LogP contribution in [-0.4, -0.2) is 11.6 Å². The molecule has 0 unspecified atom stereocenters. The average Bonchev–Trinajstić information content (AvgIpc) is 1.61. The van der Waals surface area contributed by atoms with Crippen molar-refractivity contribution in [2.45, 2.75) is 0 Å². The van der Waals surface area contributed by atoms with Crippen LogP contribution in [0.2, 0.25) is 0 Å². The van der Waals surface area contributed by atoms with Gasteiger partial charge in [-0.3, -0.25) is 0 Å². The molecule has 0 heterocycles. The van der Waals surface area contributed by atoms with Gasteiger partial charge in [-0.15, -0.1) is 6.58 Å². The second-order valence-corrected chi connectivity index (χ2v) is 0.851. The lowest BCUT2D eigenvalue weighted by molar-refractivity contribution is -0.547. The zero-order valence-corrected chi connectivity index (χ0v) is 3.70. The third kappa shape index (κ3) is 4.94. The SMILES string of the molecule is C=CC[N][N+](=O)[O-]. The van der Waals surface area contributed by atoms with E-state index in [2.05, 4.69) is 12.0 Å². The molecular weight excluding hydrogens is 96.0 g/mol. The first-order chi connectivity index (χ1) is 3.27. The van der Waals surface area contributed by atoms with Crippen LogP contribution in [0.5, 0.6) is 0 Å². The Morgan fingerprint density at radius 2 is 2.57 bits per heavy atom. The highest BCUT2D eigenvalue weighted by atomic mass is 16.7. The van der Waals surface area contributed by atoms with Crippen molar-refractivity contribution >= 4 is 0 Å². The second kappa shape index (κ2) is 3.14. The molecule has 4 nitrogen and oxygen atoms in total. The number of nitrogens with zero attached hydrogens (tertiary/aromatic N) is 2. The maximum Gasteiger partial charge on any atom is 0.186 e. The van der Waals surface area contributed by atoms with E-state index in [9.17, 15) is 10.1 Å². The zero-order valence-electron chi connectivity index (χ0n) is 3.70. The van der Waals surface area contributed by atoms with E-state index < -0.39 is 5.03 Å². The van der Waals surface area contributed by atoms with Crippen molar-refractivity contribution in [3.63, 3.8) is 0 Å². The summed E-state index contributed by atoms with van der Waals surface area (Å²) in [5, 5.41) is 8.61. The van der Waals surface area contributed by atoms with Gasteiger partial charge in [0.25, 0.3) is 0 Å². The normalized spacial score (nSPS) is 7.43. The smallest absolute Gasteiger partial charge is 0.186 e. The molecule has 39 valence electrons. The molecule has 0 aromatic heterocycles. The highest BCUT2D eigenvalue weighted by Gasteiger charge is 1.89. The van der Waals surface area contributed by atoms with E-state index in [1.807, 2.05) is 0 Å².